The van der Waals surface area contributed by atoms with E-state index in [1.165, 1.54) is 58.8 Å². The Hall–Kier alpha value is -1.30. The van der Waals surface area contributed by atoms with Crippen molar-refractivity contribution in [2.24, 2.45) is 0 Å². The summed E-state index contributed by atoms with van der Waals surface area (Å²) in [5.74, 6) is -1.03. The van der Waals surface area contributed by atoms with Gasteiger partial charge in [-0.2, -0.15) is 0 Å². The van der Waals surface area contributed by atoms with E-state index in [1.54, 1.807) is 12.1 Å². The molecule has 0 N–H and O–H groups in total. The number of benzene rings is 1. The van der Waals surface area contributed by atoms with Crippen LogP contribution in [-0.2, 0) is 19.1 Å². The third kappa shape index (κ3) is 10.1. The first-order chi connectivity index (χ1) is 15.3. The van der Waals surface area contributed by atoms with E-state index in [0.29, 0.717) is 5.56 Å². The minimum absolute atomic E-state index is 0.384. The van der Waals surface area contributed by atoms with E-state index in [2.05, 4.69) is 27.4 Å². The van der Waals surface area contributed by atoms with Gasteiger partial charge in [-0.1, -0.05) is 0 Å². The molecule has 1 rings (SSSR count). The molecule has 5 heteroatoms. The van der Waals surface area contributed by atoms with Gasteiger partial charge < -0.3 is 0 Å². The molecule has 0 heterocycles. The van der Waals surface area contributed by atoms with E-state index in [4.69, 9.17) is 9.47 Å². The number of hydrogen-bond donors (Lipinski definition) is 0. The number of carbonyl (C=O) groups excluding carboxylic acids is 2. The van der Waals surface area contributed by atoms with E-state index in [1.807, 2.05) is 25.1 Å². The number of ether oxygens (including phenoxy) is 2. The van der Waals surface area contributed by atoms with Gasteiger partial charge in [0.25, 0.3) is 0 Å². The van der Waals surface area contributed by atoms with Crippen molar-refractivity contribution in [1.29, 1.82) is 0 Å². The van der Waals surface area contributed by atoms with Crippen LogP contribution in [0.3, 0.4) is 0 Å². The van der Waals surface area contributed by atoms with Gasteiger partial charge in [0, 0.05) is 0 Å². The topological polar surface area (TPSA) is 52.6 Å². The number of hydrogen-bond acceptors (Lipinski definition) is 4. The molecule has 0 bridgehead atoms. The summed E-state index contributed by atoms with van der Waals surface area (Å²) in [5, 5.41) is 0. The molecule has 0 unspecified atom stereocenters. The Balaban J connectivity index is 2.94. The minimum atomic E-state index is -2.42. The summed E-state index contributed by atoms with van der Waals surface area (Å²) < 4.78 is 16.4. The van der Waals surface area contributed by atoms with Crippen LogP contribution < -0.4 is 0 Å². The first-order valence-electron chi connectivity index (χ1n) is 12.4. The normalized spacial score (nSPS) is 13.3. The predicted octanol–water partition coefficient (Wildman–Crippen LogP) is 7.63. The van der Waals surface area contributed by atoms with Crippen LogP contribution in [0.5, 0.6) is 0 Å². The van der Waals surface area contributed by atoms with Crippen molar-refractivity contribution in [2.45, 2.75) is 103 Å². The van der Waals surface area contributed by atoms with Crippen LogP contribution in [-0.4, -0.2) is 36.4 Å². The Bertz CT molecular complexity index is 679. The third-order valence-electron chi connectivity index (χ3n) is 6.25. The fourth-order valence-electron chi connectivity index (χ4n) is 4.29. The zero-order chi connectivity index (χ0) is 24.0. The first-order valence-corrected chi connectivity index (χ1v) is 20.5. The summed E-state index contributed by atoms with van der Waals surface area (Å²) in [6, 6.07) is 9.05. The van der Waals surface area contributed by atoms with Gasteiger partial charge in [0.15, 0.2) is 0 Å². The van der Waals surface area contributed by atoms with Crippen LogP contribution >= 0.6 is 0 Å². The maximum atomic E-state index is 13.0. The fourth-order valence-corrected chi connectivity index (χ4v) is 21.0. The van der Waals surface area contributed by atoms with Gasteiger partial charge in [-0.25, -0.2) is 0 Å². The standard InChI is InChI=1S/C15H17O4.3C4H9.Sn/c1-10(2)11(3)18-15(17)14(19-12(4)16)13-8-6-5-7-9-13;3*1-3-4-2;/h5-9,11,14H,1-2H2,3-4H3;3*1,3-4H2,2H3;/t11-,14-;;;;/m1..../s1. The van der Waals surface area contributed by atoms with Gasteiger partial charge >= 0.3 is 201 Å². The van der Waals surface area contributed by atoms with Crippen molar-refractivity contribution < 1.29 is 19.1 Å². The SMILES string of the molecule is C=C([CH2][Sn]([CH2]CCC)([CH2]CCC)[CH2]CCC)[C@@H](C)OC(=O)[C@H](OC(C)=O)c1ccccc1. The average Bonchev–Trinajstić information content (AvgIpc) is 2.78. The van der Waals surface area contributed by atoms with Gasteiger partial charge in [0.2, 0.25) is 0 Å². The van der Waals surface area contributed by atoms with Crippen molar-refractivity contribution in [1.82, 2.24) is 0 Å². The van der Waals surface area contributed by atoms with Crippen LogP contribution in [0.4, 0.5) is 0 Å². The van der Waals surface area contributed by atoms with E-state index >= 15 is 0 Å². The first kappa shape index (κ1) is 28.7. The van der Waals surface area contributed by atoms with Crippen molar-refractivity contribution >= 4 is 30.3 Å². The molecule has 0 spiro atoms. The zero-order valence-electron chi connectivity index (χ0n) is 21.0. The van der Waals surface area contributed by atoms with Crippen molar-refractivity contribution in [3.8, 4) is 0 Å². The van der Waals surface area contributed by atoms with Gasteiger partial charge in [-0.15, -0.1) is 0 Å². The number of esters is 2. The second-order valence-electron chi connectivity index (χ2n) is 9.12. The van der Waals surface area contributed by atoms with Crippen LogP contribution in [0.1, 0.15) is 84.8 Å². The van der Waals surface area contributed by atoms with E-state index < -0.39 is 36.4 Å². The summed E-state index contributed by atoms with van der Waals surface area (Å²) >= 11 is -2.42. The monoisotopic (exact) mass is 552 g/mol. The number of carbonyl (C=O) groups is 2. The average molecular weight is 551 g/mol. The molecule has 1 aromatic rings. The molecule has 0 aromatic heterocycles. The van der Waals surface area contributed by atoms with E-state index in [9.17, 15) is 9.59 Å². The summed E-state index contributed by atoms with van der Waals surface area (Å²) in [6.07, 6.45) is 6.16. The van der Waals surface area contributed by atoms with Crippen LogP contribution in [0.2, 0.25) is 17.7 Å². The molecular formula is C27H44O4Sn. The molecular weight excluding hydrogens is 507 g/mol. The molecule has 0 aliphatic rings. The molecule has 1 aromatic carbocycles. The molecule has 0 aliphatic heterocycles. The predicted molar refractivity (Wildman–Crippen MR) is 135 cm³/mol. The van der Waals surface area contributed by atoms with Crippen LogP contribution in [0.15, 0.2) is 42.5 Å². The third-order valence-corrected chi connectivity index (χ3v) is 21.8. The van der Waals surface area contributed by atoms with Crippen molar-refractivity contribution in [2.75, 3.05) is 0 Å². The van der Waals surface area contributed by atoms with Gasteiger partial charge in [0.1, 0.15) is 0 Å². The molecule has 0 saturated carbocycles. The Morgan fingerprint density at radius 3 is 1.84 bits per heavy atom. The molecule has 32 heavy (non-hydrogen) atoms. The van der Waals surface area contributed by atoms with E-state index in [0.717, 1.165) is 10.0 Å². The Morgan fingerprint density at radius 1 is 0.906 bits per heavy atom. The van der Waals surface area contributed by atoms with Crippen molar-refractivity contribution in [3.63, 3.8) is 0 Å². The molecule has 0 amide bonds. The van der Waals surface area contributed by atoms with Crippen LogP contribution in [0, 0.1) is 0 Å². The summed E-state index contributed by atoms with van der Waals surface area (Å²) in [7, 11) is 0. The number of unbranched alkanes of at least 4 members (excludes halogenated alkanes) is 3. The summed E-state index contributed by atoms with van der Waals surface area (Å²) in [6.45, 7) is 14.4. The van der Waals surface area contributed by atoms with Gasteiger partial charge in [-0.3, -0.25) is 0 Å². The second-order valence-corrected chi connectivity index (χ2v) is 23.0. The Labute approximate surface area is 200 Å². The molecule has 2 atom stereocenters. The molecule has 0 radical (unpaired) electrons. The van der Waals surface area contributed by atoms with Crippen LogP contribution in [0.25, 0.3) is 0 Å². The Morgan fingerprint density at radius 2 is 1.41 bits per heavy atom. The van der Waals surface area contributed by atoms with Crippen molar-refractivity contribution in [3.05, 3.63) is 48.0 Å². The molecule has 180 valence electrons. The fraction of sp³-hybridized carbons (Fsp3) is 0.630. The molecule has 0 fully saturated rings. The second kappa shape index (κ2) is 15.5. The molecule has 0 saturated heterocycles. The van der Waals surface area contributed by atoms with Gasteiger partial charge in [0.05, 0.1) is 0 Å². The quantitative estimate of drug-likeness (QED) is 0.121. The molecule has 0 aliphatic carbocycles. The molecule has 4 nitrogen and oxygen atoms in total. The number of rotatable bonds is 16. The van der Waals surface area contributed by atoms with E-state index in [-0.39, 0.29) is 6.10 Å². The maximum absolute atomic E-state index is 13.0. The Kier molecular flexibility index (Phi) is 13.9. The van der Waals surface area contributed by atoms with Gasteiger partial charge in [-0.05, 0) is 0 Å². The zero-order valence-corrected chi connectivity index (χ0v) is 23.8. The summed E-state index contributed by atoms with van der Waals surface area (Å²) in [4.78, 5) is 24.6. The summed E-state index contributed by atoms with van der Waals surface area (Å²) in [5.41, 5.74) is 1.65.